The van der Waals surface area contributed by atoms with E-state index in [9.17, 15) is 4.39 Å². The summed E-state index contributed by atoms with van der Waals surface area (Å²) in [4.78, 5) is 2.58. The summed E-state index contributed by atoms with van der Waals surface area (Å²) in [6.07, 6.45) is 1.19. The van der Waals surface area contributed by atoms with Crippen LogP contribution in [0, 0.1) is 5.82 Å². The van der Waals surface area contributed by atoms with Gasteiger partial charge in [-0.1, -0.05) is 12.1 Å². The molecule has 0 saturated carbocycles. The van der Waals surface area contributed by atoms with Crippen molar-refractivity contribution in [2.45, 2.75) is 31.5 Å². The average Bonchev–Trinajstić information content (AvgIpc) is 2.82. The molecule has 2 N–H and O–H groups in total. The Labute approximate surface area is 153 Å². The first-order valence-electron chi connectivity index (χ1n) is 9.50. The molecule has 2 atom stereocenters. The molecule has 136 valence electrons. The lowest BCUT2D eigenvalue weighted by Crippen LogP contribution is -2.44. The fourth-order valence-corrected chi connectivity index (χ4v) is 4.74. The van der Waals surface area contributed by atoms with E-state index in [0.29, 0.717) is 25.1 Å². The standard InChI is InChI=1S/C21H24FN3O/c22-16-3-1-2-14(8-16)11-24-17-9-15-13-26-7-6-25-20-4-5-23-12-19(20)18(10-17)21(15)25/h1-3,8-10,19-20,23-24H,4-7,11-13H2/t19-,20-/m0/s1. The Kier molecular flexibility index (Phi) is 4.06. The molecule has 0 aromatic heterocycles. The number of hydrogen-bond donors (Lipinski definition) is 2. The number of piperidine rings is 1. The van der Waals surface area contributed by atoms with E-state index in [-0.39, 0.29) is 5.82 Å². The van der Waals surface area contributed by atoms with E-state index in [1.807, 2.05) is 6.07 Å². The molecule has 0 radical (unpaired) electrons. The Morgan fingerprint density at radius 2 is 2.23 bits per heavy atom. The van der Waals surface area contributed by atoms with E-state index in [1.165, 1.54) is 29.3 Å². The molecule has 0 unspecified atom stereocenters. The highest BCUT2D eigenvalue weighted by Crippen LogP contribution is 2.47. The van der Waals surface area contributed by atoms with E-state index in [1.54, 1.807) is 12.1 Å². The normalized spacial score (nSPS) is 24.0. The Balaban J connectivity index is 1.47. The number of fused-ring (bicyclic) bond motifs is 3. The first-order valence-corrected chi connectivity index (χ1v) is 9.50. The highest BCUT2D eigenvalue weighted by Gasteiger charge is 2.41. The summed E-state index contributed by atoms with van der Waals surface area (Å²) in [5.74, 6) is 0.358. The highest BCUT2D eigenvalue weighted by atomic mass is 19.1. The molecule has 5 heteroatoms. The maximum Gasteiger partial charge on any atom is 0.123 e. The van der Waals surface area contributed by atoms with Crippen LogP contribution in [-0.4, -0.2) is 32.3 Å². The van der Waals surface area contributed by atoms with Crippen LogP contribution in [0.25, 0.3) is 0 Å². The molecule has 0 amide bonds. The minimum Gasteiger partial charge on any atom is -0.381 e. The van der Waals surface area contributed by atoms with Gasteiger partial charge in [0, 0.05) is 48.5 Å². The van der Waals surface area contributed by atoms with Crippen LogP contribution >= 0.6 is 0 Å². The largest absolute Gasteiger partial charge is 0.381 e. The van der Waals surface area contributed by atoms with Gasteiger partial charge >= 0.3 is 0 Å². The van der Waals surface area contributed by atoms with Gasteiger partial charge in [-0.15, -0.1) is 0 Å². The summed E-state index contributed by atoms with van der Waals surface area (Å²) in [6, 6.07) is 11.9. The second-order valence-corrected chi connectivity index (χ2v) is 7.47. The predicted molar refractivity (Wildman–Crippen MR) is 101 cm³/mol. The topological polar surface area (TPSA) is 36.5 Å². The first kappa shape index (κ1) is 16.1. The van der Waals surface area contributed by atoms with Crippen LogP contribution in [0.2, 0.25) is 0 Å². The number of hydrogen-bond acceptors (Lipinski definition) is 4. The number of nitrogens with zero attached hydrogens (tertiary/aromatic N) is 1. The van der Waals surface area contributed by atoms with Crippen molar-refractivity contribution in [1.82, 2.24) is 5.32 Å². The summed E-state index contributed by atoms with van der Waals surface area (Å²) in [6.45, 7) is 5.19. The second-order valence-electron chi connectivity index (χ2n) is 7.47. The lowest BCUT2D eigenvalue weighted by molar-refractivity contribution is 0.130. The monoisotopic (exact) mass is 353 g/mol. The van der Waals surface area contributed by atoms with Crippen LogP contribution in [0.15, 0.2) is 36.4 Å². The van der Waals surface area contributed by atoms with Gasteiger partial charge in [-0.2, -0.15) is 0 Å². The summed E-state index contributed by atoms with van der Waals surface area (Å²) < 4.78 is 19.3. The molecule has 3 aliphatic rings. The maximum absolute atomic E-state index is 13.4. The Hall–Kier alpha value is -2.11. The van der Waals surface area contributed by atoms with E-state index in [4.69, 9.17) is 4.74 Å². The SMILES string of the molecule is Fc1cccc(CNc2cc3c4c(c2)[C@@H]2CNCC[C@@H]2N4CCOC3)c1. The number of halogens is 1. The Morgan fingerprint density at radius 3 is 3.15 bits per heavy atom. The van der Waals surface area contributed by atoms with Gasteiger partial charge in [0.1, 0.15) is 5.82 Å². The van der Waals surface area contributed by atoms with Crippen LogP contribution in [0.5, 0.6) is 0 Å². The molecular weight excluding hydrogens is 329 g/mol. The summed E-state index contributed by atoms with van der Waals surface area (Å²) in [7, 11) is 0. The van der Waals surface area contributed by atoms with Crippen LogP contribution in [0.3, 0.4) is 0 Å². The second kappa shape index (κ2) is 6.56. The molecule has 1 saturated heterocycles. The van der Waals surface area contributed by atoms with E-state index in [2.05, 4.69) is 27.7 Å². The van der Waals surface area contributed by atoms with Gasteiger partial charge in [-0.05, 0) is 48.4 Å². The van der Waals surface area contributed by atoms with Gasteiger partial charge in [-0.3, -0.25) is 0 Å². The van der Waals surface area contributed by atoms with Gasteiger partial charge < -0.3 is 20.3 Å². The molecule has 26 heavy (non-hydrogen) atoms. The number of ether oxygens (including phenoxy) is 1. The molecule has 5 rings (SSSR count). The van der Waals surface area contributed by atoms with Gasteiger partial charge in [0.15, 0.2) is 0 Å². The minimum atomic E-state index is -0.190. The molecule has 0 bridgehead atoms. The quantitative estimate of drug-likeness (QED) is 0.888. The van der Waals surface area contributed by atoms with E-state index >= 15 is 0 Å². The molecule has 3 heterocycles. The lowest BCUT2D eigenvalue weighted by atomic mass is 9.89. The van der Waals surface area contributed by atoms with E-state index < -0.39 is 0 Å². The lowest BCUT2D eigenvalue weighted by Gasteiger charge is -2.33. The van der Waals surface area contributed by atoms with Crippen LogP contribution in [-0.2, 0) is 17.9 Å². The van der Waals surface area contributed by atoms with Crippen LogP contribution in [0.4, 0.5) is 15.8 Å². The number of rotatable bonds is 3. The van der Waals surface area contributed by atoms with Crippen LogP contribution in [0.1, 0.15) is 29.0 Å². The molecule has 2 aromatic rings. The molecule has 4 nitrogen and oxygen atoms in total. The van der Waals surface area contributed by atoms with Crippen molar-refractivity contribution >= 4 is 11.4 Å². The van der Waals surface area contributed by atoms with Crippen molar-refractivity contribution in [3.63, 3.8) is 0 Å². The van der Waals surface area contributed by atoms with Crippen molar-refractivity contribution in [2.24, 2.45) is 0 Å². The van der Waals surface area contributed by atoms with Crippen molar-refractivity contribution in [1.29, 1.82) is 0 Å². The van der Waals surface area contributed by atoms with E-state index in [0.717, 1.165) is 37.5 Å². The third-order valence-electron chi connectivity index (χ3n) is 5.87. The predicted octanol–water partition coefficient (Wildman–Crippen LogP) is 3.23. The van der Waals surface area contributed by atoms with Crippen molar-refractivity contribution < 1.29 is 9.13 Å². The molecule has 3 aliphatic heterocycles. The summed E-state index contributed by atoms with van der Waals surface area (Å²) >= 11 is 0. The van der Waals surface area contributed by atoms with Crippen molar-refractivity contribution in [3.05, 3.63) is 58.9 Å². The Bertz CT molecular complexity index is 825. The van der Waals surface area contributed by atoms with Crippen LogP contribution < -0.4 is 15.5 Å². The fraction of sp³-hybridized carbons (Fsp3) is 0.429. The highest BCUT2D eigenvalue weighted by molar-refractivity contribution is 5.72. The smallest absolute Gasteiger partial charge is 0.123 e. The molecular formula is C21H24FN3O. The zero-order valence-corrected chi connectivity index (χ0v) is 14.8. The summed E-state index contributed by atoms with van der Waals surface area (Å²) in [5.41, 5.74) is 6.16. The summed E-state index contributed by atoms with van der Waals surface area (Å²) in [5, 5.41) is 7.05. The van der Waals surface area contributed by atoms with Gasteiger partial charge in [0.05, 0.1) is 13.2 Å². The molecule has 2 aromatic carbocycles. The number of nitrogens with one attached hydrogen (secondary N) is 2. The molecule has 1 fully saturated rings. The van der Waals surface area contributed by atoms with Crippen molar-refractivity contribution in [2.75, 3.05) is 36.5 Å². The van der Waals surface area contributed by atoms with Gasteiger partial charge in [0.2, 0.25) is 0 Å². The Morgan fingerprint density at radius 1 is 1.27 bits per heavy atom. The molecule has 0 spiro atoms. The van der Waals surface area contributed by atoms with Crippen molar-refractivity contribution in [3.8, 4) is 0 Å². The van der Waals surface area contributed by atoms with Gasteiger partial charge in [-0.25, -0.2) is 4.39 Å². The molecule has 0 aliphatic carbocycles. The third-order valence-corrected chi connectivity index (χ3v) is 5.87. The zero-order valence-electron chi connectivity index (χ0n) is 14.8. The minimum absolute atomic E-state index is 0.190. The fourth-order valence-electron chi connectivity index (χ4n) is 4.74. The number of benzene rings is 2. The third kappa shape index (κ3) is 2.75. The maximum atomic E-state index is 13.4. The average molecular weight is 353 g/mol. The first-order chi connectivity index (χ1) is 12.8. The zero-order chi connectivity index (χ0) is 17.5. The van der Waals surface area contributed by atoms with Gasteiger partial charge in [0.25, 0.3) is 0 Å². The number of anilines is 2.